The van der Waals surface area contributed by atoms with Crippen molar-refractivity contribution in [3.05, 3.63) is 0 Å². The Morgan fingerprint density at radius 2 is 2.25 bits per heavy atom. The third-order valence-corrected chi connectivity index (χ3v) is 3.56. The topological polar surface area (TPSA) is 41.6 Å². The van der Waals surface area contributed by atoms with Crippen molar-refractivity contribution in [3.63, 3.8) is 0 Å². The average Bonchev–Trinajstić information content (AvgIpc) is 2.96. The molecule has 16 heavy (non-hydrogen) atoms. The van der Waals surface area contributed by atoms with Gasteiger partial charge in [-0.05, 0) is 25.2 Å². The molecule has 1 saturated heterocycles. The molecule has 1 amide bonds. The van der Waals surface area contributed by atoms with Gasteiger partial charge in [-0.2, -0.15) is 0 Å². The number of nitrogens with zero attached hydrogens (tertiary/aromatic N) is 1. The normalized spacial score (nSPS) is 27.1. The molecule has 0 radical (unpaired) electrons. The van der Waals surface area contributed by atoms with E-state index in [9.17, 15) is 4.79 Å². The van der Waals surface area contributed by atoms with Crippen LogP contribution < -0.4 is 5.32 Å². The molecule has 1 saturated carbocycles. The zero-order chi connectivity index (χ0) is 11.8. The molecule has 1 aliphatic heterocycles. The summed E-state index contributed by atoms with van der Waals surface area (Å²) in [6.45, 7) is 5.86. The van der Waals surface area contributed by atoms with Crippen molar-refractivity contribution >= 4 is 5.91 Å². The van der Waals surface area contributed by atoms with Gasteiger partial charge in [0, 0.05) is 20.3 Å². The summed E-state index contributed by atoms with van der Waals surface area (Å²) >= 11 is 0. The molecule has 1 atom stereocenters. The summed E-state index contributed by atoms with van der Waals surface area (Å²) in [7, 11) is 1.70. The lowest BCUT2D eigenvalue weighted by atomic mass is 10.1. The maximum absolute atomic E-state index is 12.2. The minimum absolute atomic E-state index is 0.179. The van der Waals surface area contributed by atoms with E-state index >= 15 is 0 Å². The molecule has 2 aliphatic rings. The SMILES string of the molecule is COCCCN1C(=O)C2(CC2)NC1C(C)C. The van der Waals surface area contributed by atoms with Gasteiger partial charge in [-0.15, -0.1) is 0 Å². The van der Waals surface area contributed by atoms with Crippen LogP contribution in [0.25, 0.3) is 0 Å². The Labute approximate surface area is 97.3 Å². The van der Waals surface area contributed by atoms with E-state index in [1.165, 1.54) is 0 Å². The Morgan fingerprint density at radius 1 is 1.56 bits per heavy atom. The van der Waals surface area contributed by atoms with E-state index < -0.39 is 0 Å². The lowest BCUT2D eigenvalue weighted by Gasteiger charge is -2.27. The van der Waals surface area contributed by atoms with Crippen molar-refractivity contribution in [2.75, 3.05) is 20.3 Å². The number of methoxy groups -OCH3 is 1. The molecule has 1 spiro atoms. The molecule has 92 valence electrons. The number of hydrogen-bond donors (Lipinski definition) is 1. The number of amides is 1. The lowest BCUT2D eigenvalue weighted by molar-refractivity contribution is -0.131. The molecule has 0 aromatic carbocycles. The average molecular weight is 226 g/mol. The monoisotopic (exact) mass is 226 g/mol. The molecule has 0 bridgehead atoms. The molecular weight excluding hydrogens is 204 g/mol. The van der Waals surface area contributed by atoms with E-state index in [0.29, 0.717) is 11.8 Å². The van der Waals surface area contributed by atoms with Gasteiger partial charge < -0.3 is 9.64 Å². The summed E-state index contributed by atoms with van der Waals surface area (Å²) < 4.78 is 5.04. The van der Waals surface area contributed by atoms with Crippen LogP contribution in [0.1, 0.15) is 33.1 Å². The van der Waals surface area contributed by atoms with E-state index in [2.05, 4.69) is 19.2 Å². The van der Waals surface area contributed by atoms with E-state index in [-0.39, 0.29) is 11.7 Å². The van der Waals surface area contributed by atoms with Gasteiger partial charge in [0.05, 0.1) is 11.7 Å². The zero-order valence-electron chi connectivity index (χ0n) is 10.5. The van der Waals surface area contributed by atoms with Crippen LogP contribution in [0, 0.1) is 5.92 Å². The van der Waals surface area contributed by atoms with Crippen LogP contribution in [0.5, 0.6) is 0 Å². The summed E-state index contributed by atoms with van der Waals surface area (Å²) in [5.41, 5.74) is -0.179. The zero-order valence-corrected chi connectivity index (χ0v) is 10.5. The van der Waals surface area contributed by atoms with Gasteiger partial charge >= 0.3 is 0 Å². The molecule has 1 unspecified atom stereocenters. The smallest absolute Gasteiger partial charge is 0.244 e. The van der Waals surface area contributed by atoms with Crippen molar-refractivity contribution in [2.24, 2.45) is 5.92 Å². The standard InChI is InChI=1S/C12H22N2O2/c1-9(2)10-13-12(5-6-12)11(15)14(10)7-4-8-16-3/h9-10,13H,4-8H2,1-3H3. The molecule has 4 heteroatoms. The largest absolute Gasteiger partial charge is 0.385 e. The highest BCUT2D eigenvalue weighted by atomic mass is 16.5. The van der Waals surface area contributed by atoms with Crippen LogP contribution >= 0.6 is 0 Å². The molecule has 2 rings (SSSR count). The van der Waals surface area contributed by atoms with Gasteiger partial charge in [-0.3, -0.25) is 10.1 Å². The molecular formula is C12H22N2O2. The fourth-order valence-corrected chi connectivity index (χ4v) is 2.45. The predicted molar refractivity (Wildman–Crippen MR) is 61.9 cm³/mol. The van der Waals surface area contributed by atoms with Gasteiger partial charge in [-0.25, -0.2) is 0 Å². The maximum atomic E-state index is 12.2. The van der Waals surface area contributed by atoms with Crippen molar-refractivity contribution in [1.29, 1.82) is 0 Å². The van der Waals surface area contributed by atoms with Crippen molar-refractivity contribution in [2.45, 2.75) is 44.8 Å². The second-order valence-electron chi connectivity index (χ2n) is 5.26. The minimum atomic E-state index is -0.179. The first-order valence-corrected chi connectivity index (χ1v) is 6.18. The van der Waals surface area contributed by atoms with E-state index in [1.54, 1.807) is 7.11 Å². The lowest BCUT2D eigenvalue weighted by Crippen LogP contribution is -2.42. The van der Waals surface area contributed by atoms with Crippen LogP contribution in [0.2, 0.25) is 0 Å². The third-order valence-electron chi connectivity index (χ3n) is 3.56. The van der Waals surface area contributed by atoms with Crippen LogP contribution in [-0.2, 0) is 9.53 Å². The van der Waals surface area contributed by atoms with Crippen LogP contribution in [-0.4, -0.2) is 42.8 Å². The van der Waals surface area contributed by atoms with E-state index in [0.717, 1.165) is 32.4 Å². The van der Waals surface area contributed by atoms with Crippen molar-refractivity contribution in [1.82, 2.24) is 10.2 Å². The first-order valence-electron chi connectivity index (χ1n) is 6.18. The van der Waals surface area contributed by atoms with Crippen molar-refractivity contribution < 1.29 is 9.53 Å². The van der Waals surface area contributed by atoms with Gasteiger partial charge in [0.15, 0.2) is 0 Å². The first-order chi connectivity index (χ1) is 7.60. The Kier molecular flexibility index (Phi) is 3.22. The Balaban J connectivity index is 1.98. The highest BCUT2D eigenvalue weighted by Gasteiger charge is 2.59. The molecule has 0 aromatic rings. The number of hydrogen-bond acceptors (Lipinski definition) is 3. The van der Waals surface area contributed by atoms with E-state index in [1.807, 2.05) is 4.90 Å². The predicted octanol–water partition coefficient (Wildman–Crippen LogP) is 0.969. The Morgan fingerprint density at radius 3 is 2.75 bits per heavy atom. The number of carbonyl (C=O) groups excluding carboxylic acids is 1. The summed E-state index contributed by atoms with van der Waals surface area (Å²) in [6.07, 6.45) is 3.15. The van der Waals surface area contributed by atoms with Crippen LogP contribution in [0.15, 0.2) is 0 Å². The second-order valence-corrected chi connectivity index (χ2v) is 5.26. The Bertz CT molecular complexity index is 274. The highest BCUT2D eigenvalue weighted by molar-refractivity contribution is 5.91. The van der Waals surface area contributed by atoms with Gasteiger partial charge in [0.1, 0.15) is 0 Å². The van der Waals surface area contributed by atoms with Gasteiger partial charge in [0.2, 0.25) is 5.91 Å². The molecule has 2 fully saturated rings. The fourth-order valence-electron chi connectivity index (χ4n) is 2.45. The molecule has 0 aromatic heterocycles. The molecule has 1 aliphatic carbocycles. The summed E-state index contributed by atoms with van der Waals surface area (Å²) in [4.78, 5) is 14.2. The summed E-state index contributed by atoms with van der Waals surface area (Å²) in [5.74, 6) is 0.772. The number of ether oxygens (including phenoxy) is 1. The van der Waals surface area contributed by atoms with E-state index in [4.69, 9.17) is 4.74 Å². The Hall–Kier alpha value is -0.610. The highest BCUT2D eigenvalue weighted by Crippen LogP contribution is 2.43. The van der Waals surface area contributed by atoms with Crippen LogP contribution in [0.3, 0.4) is 0 Å². The number of nitrogens with one attached hydrogen (secondary N) is 1. The first kappa shape index (κ1) is 11.9. The molecule has 1 N–H and O–H groups in total. The molecule has 4 nitrogen and oxygen atoms in total. The number of carbonyl (C=O) groups is 1. The molecule has 1 heterocycles. The van der Waals surface area contributed by atoms with Gasteiger partial charge in [-0.1, -0.05) is 13.8 Å². The fraction of sp³-hybridized carbons (Fsp3) is 0.917. The quantitative estimate of drug-likeness (QED) is 0.710. The summed E-state index contributed by atoms with van der Waals surface area (Å²) in [6, 6.07) is 0. The van der Waals surface area contributed by atoms with Gasteiger partial charge in [0.25, 0.3) is 0 Å². The summed E-state index contributed by atoms with van der Waals surface area (Å²) in [5, 5.41) is 3.50. The minimum Gasteiger partial charge on any atom is -0.385 e. The number of rotatable bonds is 5. The van der Waals surface area contributed by atoms with Crippen molar-refractivity contribution in [3.8, 4) is 0 Å². The van der Waals surface area contributed by atoms with Crippen LogP contribution in [0.4, 0.5) is 0 Å². The maximum Gasteiger partial charge on any atom is 0.244 e. The third kappa shape index (κ3) is 1.96. The second kappa shape index (κ2) is 4.34.